The minimum absolute atomic E-state index is 0.141. The van der Waals surface area contributed by atoms with Gasteiger partial charge in [0, 0.05) is 13.1 Å². The summed E-state index contributed by atoms with van der Waals surface area (Å²) in [6.07, 6.45) is 1.19. The first-order chi connectivity index (χ1) is 8.52. The van der Waals surface area contributed by atoms with Crippen LogP contribution in [0.15, 0.2) is 0 Å². The lowest BCUT2D eigenvalue weighted by Crippen LogP contribution is -2.43. The first-order valence-corrected chi connectivity index (χ1v) is 7.69. The molecular weight excluding hydrogens is 250 g/mol. The second-order valence-electron chi connectivity index (χ2n) is 5.04. The van der Waals surface area contributed by atoms with Gasteiger partial charge < -0.3 is 9.64 Å². The van der Waals surface area contributed by atoms with Crippen LogP contribution in [0, 0.1) is 11.8 Å². The van der Waals surface area contributed by atoms with Crippen LogP contribution in [0.25, 0.3) is 0 Å². The molecule has 0 spiro atoms. The first kappa shape index (κ1) is 15.3. The van der Waals surface area contributed by atoms with Gasteiger partial charge in [-0.1, -0.05) is 13.8 Å². The molecule has 0 aromatic heterocycles. The van der Waals surface area contributed by atoms with Gasteiger partial charge in [-0.05, 0) is 25.2 Å². The van der Waals surface area contributed by atoms with Gasteiger partial charge in [-0.3, -0.25) is 9.59 Å². The summed E-state index contributed by atoms with van der Waals surface area (Å²) in [6.45, 7) is 8.24. The van der Waals surface area contributed by atoms with Gasteiger partial charge in [0.25, 0.3) is 0 Å². The van der Waals surface area contributed by atoms with E-state index >= 15 is 0 Å². The molecule has 2 unspecified atom stereocenters. The number of carbonyl (C=O) groups excluding carboxylic acids is 2. The van der Waals surface area contributed by atoms with E-state index in [2.05, 4.69) is 13.8 Å². The predicted octanol–water partition coefficient (Wildman–Crippen LogP) is 1.79. The molecule has 1 saturated heterocycles. The Morgan fingerprint density at radius 1 is 1.22 bits per heavy atom. The molecule has 1 rings (SSSR count). The summed E-state index contributed by atoms with van der Waals surface area (Å²) in [7, 11) is 0. The summed E-state index contributed by atoms with van der Waals surface area (Å²) < 4.78 is 4.82. The lowest BCUT2D eigenvalue weighted by atomic mass is 9.92. The standard InChI is InChI=1S/C13H23NO3S/c1-4-17-13(16)9-18-8-12(15)14-6-10(2)5-11(3)7-14/h10-11H,4-9H2,1-3H3. The van der Waals surface area contributed by atoms with Crippen molar-refractivity contribution in [1.82, 2.24) is 4.90 Å². The van der Waals surface area contributed by atoms with Crippen molar-refractivity contribution in [2.75, 3.05) is 31.2 Å². The third-order valence-corrected chi connectivity index (χ3v) is 3.86. The second kappa shape index (κ2) is 7.67. The molecular formula is C13H23NO3S. The average Bonchev–Trinajstić information content (AvgIpc) is 2.27. The average molecular weight is 273 g/mol. The Labute approximate surface area is 113 Å². The molecule has 0 radical (unpaired) electrons. The molecule has 4 nitrogen and oxygen atoms in total. The Morgan fingerprint density at radius 3 is 2.39 bits per heavy atom. The maximum absolute atomic E-state index is 12.0. The van der Waals surface area contributed by atoms with Crippen LogP contribution >= 0.6 is 11.8 Å². The minimum atomic E-state index is -0.240. The number of nitrogens with zero attached hydrogens (tertiary/aromatic N) is 1. The zero-order valence-electron chi connectivity index (χ0n) is 11.5. The number of hydrogen-bond acceptors (Lipinski definition) is 4. The third-order valence-electron chi connectivity index (χ3n) is 2.97. The second-order valence-corrected chi connectivity index (χ2v) is 6.03. The molecule has 5 heteroatoms. The number of rotatable bonds is 5. The minimum Gasteiger partial charge on any atom is -0.465 e. The Hall–Kier alpha value is -0.710. The van der Waals surface area contributed by atoms with E-state index in [9.17, 15) is 9.59 Å². The molecule has 1 fully saturated rings. The van der Waals surface area contributed by atoms with Crippen molar-refractivity contribution >= 4 is 23.6 Å². The highest BCUT2D eigenvalue weighted by Crippen LogP contribution is 2.21. The number of hydrogen-bond donors (Lipinski definition) is 0. The number of piperidine rings is 1. The fourth-order valence-electron chi connectivity index (χ4n) is 2.38. The fraction of sp³-hybridized carbons (Fsp3) is 0.846. The van der Waals surface area contributed by atoms with Crippen LogP contribution < -0.4 is 0 Å². The summed E-state index contributed by atoms with van der Waals surface area (Å²) in [4.78, 5) is 25.0. The van der Waals surface area contributed by atoms with Gasteiger partial charge in [-0.2, -0.15) is 0 Å². The Morgan fingerprint density at radius 2 is 1.83 bits per heavy atom. The van der Waals surface area contributed by atoms with Crippen LogP contribution in [-0.4, -0.2) is 48.0 Å². The maximum Gasteiger partial charge on any atom is 0.315 e. The van der Waals surface area contributed by atoms with Crippen molar-refractivity contribution in [1.29, 1.82) is 0 Å². The molecule has 0 aromatic carbocycles. The summed E-state index contributed by atoms with van der Waals surface area (Å²) >= 11 is 1.34. The van der Waals surface area contributed by atoms with Crippen molar-refractivity contribution in [2.24, 2.45) is 11.8 Å². The molecule has 0 saturated carbocycles. The third kappa shape index (κ3) is 5.29. The molecule has 1 amide bonds. The quantitative estimate of drug-likeness (QED) is 0.716. The monoisotopic (exact) mass is 273 g/mol. The van der Waals surface area contributed by atoms with Gasteiger partial charge in [0.1, 0.15) is 0 Å². The van der Waals surface area contributed by atoms with E-state index in [1.807, 2.05) is 4.90 Å². The van der Waals surface area contributed by atoms with E-state index in [0.29, 0.717) is 24.2 Å². The summed E-state index contributed by atoms with van der Waals surface area (Å²) in [5.41, 5.74) is 0. The number of esters is 1. The van der Waals surface area contributed by atoms with Crippen molar-refractivity contribution in [3.05, 3.63) is 0 Å². The topological polar surface area (TPSA) is 46.6 Å². The molecule has 0 aromatic rings. The highest BCUT2D eigenvalue weighted by Gasteiger charge is 2.25. The van der Waals surface area contributed by atoms with Gasteiger partial charge in [-0.25, -0.2) is 0 Å². The molecule has 1 aliphatic heterocycles. The highest BCUT2D eigenvalue weighted by atomic mass is 32.2. The lowest BCUT2D eigenvalue weighted by Gasteiger charge is -2.35. The number of amides is 1. The van der Waals surface area contributed by atoms with Crippen LogP contribution in [0.1, 0.15) is 27.2 Å². The van der Waals surface area contributed by atoms with Gasteiger partial charge in [0.05, 0.1) is 18.1 Å². The number of likely N-dealkylation sites (tertiary alicyclic amines) is 1. The Bertz CT molecular complexity index is 286. The Kier molecular flexibility index (Phi) is 6.54. The smallest absolute Gasteiger partial charge is 0.315 e. The first-order valence-electron chi connectivity index (χ1n) is 6.54. The number of thioether (sulfide) groups is 1. The van der Waals surface area contributed by atoms with Crippen LogP contribution in [-0.2, 0) is 14.3 Å². The fourth-order valence-corrected chi connectivity index (χ4v) is 3.09. The van der Waals surface area contributed by atoms with E-state index in [1.54, 1.807) is 6.92 Å². The maximum atomic E-state index is 12.0. The van der Waals surface area contributed by atoms with Crippen LogP contribution in [0.3, 0.4) is 0 Å². The summed E-state index contributed by atoms with van der Waals surface area (Å²) in [5.74, 6) is 1.69. The zero-order chi connectivity index (χ0) is 13.5. The van der Waals surface area contributed by atoms with Crippen LogP contribution in [0.5, 0.6) is 0 Å². The van der Waals surface area contributed by atoms with E-state index in [0.717, 1.165) is 13.1 Å². The molecule has 2 atom stereocenters. The molecule has 1 aliphatic rings. The van der Waals surface area contributed by atoms with Gasteiger partial charge in [-0.15, -0.1) is 11.8 Å². The Balaban J connectivity index is 2.25. The molecule has 104 valence electrons. The highest BCUT2D eigenvalue weighted by molar-refractivity contribution is 8.00. The van der Waals surface area contributed by atoms with E-state index in [4.69, 9.17) is 4.74 Å². The molecule has 0 N–H and O–H groups in total. The van der Waals surface area contributed by atoms with Gasteiger partial charge >= 0.3 is 5.97 Å². The summed E-state index contributed by atoms with van der Waals surface area (Å²) in [6, 6.07) is 0. The molecule has 0 aliphatic carbocycles. The largest absolute Gasteiger partial charge is 0.465 e. The molecule has 0 bridgehead atoms. The van der Waals surface area contributed by atoms with Gasteiger partial charge in [0.15, 0.2) is 0 Å². The van der Waals surface area contributed by atoms with Crippen molar-refractivity contribution < 1.29 is 14.3 Å². The zero-order valence-corrected chi connectivity index (χ0v) is 12.3. The molecule has 1 heterocycles. The van der Waals surface area contributed by atoms with E-state index in [-0.39, 0.29) is 17.6 Å². The van der Waals surface area contributed by atoms with Crippen molar-refractivity contribution in [3.63, 3.8) is 0 Å². The van der Waals surface area contributed by atoms with Gasteiger partial charge in [0.2, 0.25) is 5.91 Å². The predicted molar refractivity (Wildman–Crippen MR) is 73.5 cm³/mol. The normalized spacial score (nSPS) is 23.8. The van der Waals surface area contributed by atoms with Crippen LogP contribution in [0.4, 0.5) is 0 Å². The van der Waals surface area contributed by atoms with Crippen molar-refractivity contribution in [2.45, 2.75) is 27.2 Å². The lowest BCUT2D eigenvalue weighted by molar-refractivity contribution is -0.139. The SMILES string of the molecule is CCOC(=O)CSCC(=O)N1CC(C)CC(C)C1. The van der Waals surface area contributed by atoms with Crippen molar-refractivity contribution in [3.8, 4) is 0 Å². The number of ether oxygens (including phenoxy) is 1. The van der Waals surface area contributed by atoms with E-state index < -0.39 is 0 Å². The van der Waals surface area contributed by atoms with E-state index in [1.165, 1.54) is 18.2 Å². The molecule has 18 heavy (non-hydrogen) atoms. The number of carbonyl (C=O) groups is 2. The summed E-state index contributed by atoms with van der Waals surface area (Å²) in [5, 5.41) is 0. The van der Waals surface area contributed by atoms with Crippen LogP contribution in [0.2, 0.25) is 0 Å².